The molecule has 5 nitrogen and oxygen atoms in total. The normalized spacial score (nSPS) is 11.5. The maximum Gasteiger partial charge on any atom is 0.354 e. The summed E-state index contributed by atoms with van der Waals surface area (Å²) in [6.45, 7) is 4.55. The molecule has 0 fully saturated rings. The van der Waals surface area contributed by atoms with Crippen LogP contribution in [0.4, 0.5) is 0 Å². The van der Waals surface area contributed by atoms with Crippen LogP contribution in [-0.4, -0.2) is 33.3 Å². The summed E-state index contributed by atoms with van der Waals surface area (Å²) < 4.78 is 0. The number of aromatic nitrogens is 1. The Hall–Kier alpha value is -1.46. The summed E-state index contributed by atoms with van der Waals surface area (Å²) in [5.41, 5.74) is 0.524. The van der Waals surface area contributed by atoms with Crippen LogP contribution in [0.5, 0.6) is 0 Å². The second-order valence-corrected chi connectivity index (χ2v) is 4.53. The number of aromatic carboxylic acids is 1. The van der Waals surface area contributed by atoms with E-state index in [1.165, 1.54) is 6.07 Å². The molecule has 0 aliphatic rings. The second kappa shape index (κ2) is 5.75. The molecule has 0 spiro atoms. The van der Waals surface area contributed by atoms with Gasteiger partial charge in [0.2, 0.25) is 0 Å². The molecule has 1 rings (SSSR count). The Kier molecular flexibility index (Phi) is 4.60. The molecule has 0 saturated carbocycles. The van der Waals surface area contributed by atoms with Crippen molar-refractivity contribution in [3.8, 4) is 0 Å². The summed E-state index contributed by atoms with van der Waals surface area (Å²) in [6.07, 6.45) is 0.631. The molecule has 0 saturated heterocycles. The summed E-state index contributed by atoms with van der Waals surface area (Å²) >= 11 is 0. The Morgan fingerprint density at radius 2 is 2.18 bits per heavy atom. The van der Waals surface area contributed by atoms with Crippen molar-refractivity contribution in [2.45, 2.75) is 32.4 Å². The molecule has 0 bridgehead atoms. The largest absolute Gasteiger partial charge is 0.477 e. The lowest BCUT2D eigenvalue weighted by Gasteiger charge is -2.25. The van der Waals surface area contributed by atoms with Crippen molar-refractivity contribution in [3.63, 3.8) is 0 Å². The third-order valence-corrected chi connectivity index (χ3v) is 2.51. The van der Waals surface area contributed by atoms with Crippen molar-refractivity contribution in [3.05, 3.63) is 29.6 Å². The first kappa shape index (κ1) is 13.6. The monoisotopic (exact) mass is 238 g/mol. The number of rotatable bonds is 6. The number of aliphatic hydroxyl groups is 1. The second-order valence-electron chi connectivity index (χ2n) is 4.53. The van der Waals surface area contributed by atoms with Crippen LogP contribution in [-0.2, 0) is 6.54 Å². The first-order chi connectivity index (χ1) is 7.94. The standard InChI is InChI=1S/C12H18N2O3/c1-12(2,6-7-15)13-8-9-4-3-5-10(14-9)11(16)17/h3-5,13,15H,6-8H2,1-2H3,(H,16,17). The molecule has 1 aromatic heterocycles. The predicted octanol–water partition coefficient (Wildman–Crippen LogP) is 1.03. The van der Waals surface area contributed by atoms with Crippen LogP contribution in [0.1, 0.15) is 36.5 Å². The van der Waals surface area contributed by atoms with Crippen molar-refractivity contribution >= 4 is 5.97 Å². The van der Waals surface area contributed by atoms with Crippen molar-refractivity contribution in [2.75, 3.05) is 6.61 Å². The Labute approximate surface area is 101 Å². The third kappa shape index (κ3) is 4.50. The Morgan fingerprint density at radius 3 is 2.76 bits per heavy atom. The van der Waals surface area contributed by atoms with E-state index in [1.54, 1.807) is 12.1 Å². The van der Waals surface area contributed by atoms with Crippen molar-refractivity contribution in [2.24, 2.45) is 0 Å². The van der Waals surface area contributed by atoms with E-state index in [0.29, 0.717) is 18.7 Å². The molecule has 0 unspecified atom stereocenters. The topological polar surface area (TPSA) is 82.5 Å². The van der Waals surface area contributed by atoms with Gasteiger partial charge in [-0.05, 0) is 32.4 Å². The van der Waals surface area contributed by atoms with Gasteiger partial charge in [0.25, 0.3) is 0 Å². The minimum atomic E-state index is -1.03. The molecule has 1 aromatic rings. The first-order valence-electron chi connectivity index (χ1n) is 5.50. The van der Waals surface area contributed by atoms with Crippen LogP contribution in [0, 0.1) is 0 Å². The van der Waals surface area contributed by atoms with E-state index in [4.69, 9.17) is 10.2 Å². The Balaban J connectivity index is 2.63. The van der Waals surface area contributed by atoms with Crippen molar-refractivity contribution in [1.29, 1.82) is 0 Å². The first-order valence-corrected chi connectivity index (χ1v) is 5.50. The minimum absolute atomic E-state index is 0.0456. The van der Waals surface area contributed by atoms with Gasteiger partial charge >= 0.3 is 5.97 Å². The molecule has 0 amide bonds. The van der Waals surface area contributed by atoms with Gasteiger partial charge in [0.15, 0.2) is 0 Å². The van der Waals surface area contributed by atoms with E-state index in [9.17, 15) is 4.79 Å². The number of carbonyl (C=O) groups is 1. The van der Waals surface area contributed by atoms with E-state index in [0.717, 1.165) is 0 Å². The van der Waals surface area contributed by atoms with E-state index in [1.807, 2.05) is 13.8 Å². The van der Waals surface area contributed by atoms with Gasteiger partial charge in [-0.15, -0.1) is 0 Å². The zero-order chi connectivity index (χ0) is 12.9. The zero-order valence-corrected chi connectivity index (χ0v) is 10.1. The SMILES string of the molecule is CC(C)(CCO)NCc1cccc(C(=O)O)n1. The third-order valence-electron chi connectivity index (χ3n) is 2.51. The summed E-state index contributed by atoms with van der Waals surface area (Å²) in [6, 6.07) is 4.91. The lowest BCUT2D eigenvalue weighted by molar-refractivity contribution is 0.0690. The van der Waals surface area contributed by atoms with Crippen LogP contribution in [0.3, 0.4) is 0 Å². The molecular weight excluding hydrogens is 220 g/mol. The van der Waals surface area contributed by atoms with Crippen LogP contribution >= 0.6 is 0 Å². The van der Waals surface area contributed by atoms with Gasteiger partial charge in [0, 0.05) is 18.7 Å². The summed E-state index contributed by atoms with van der Waals surface area (Å²) in [7, 11) is 0. The summed E-state index contributed by atoms with van der Waals surface area (Å²) in [4.78, 5) is 14.8. The number of nitrogens with one attached hydrogen (secondary N) is 1. The maximum absolute atomic E-state index is 10.7. The number of nitrogens with zero attached hydrogens (tertiary/aromatic N) is 1. The van der Waals surface area contributed by atoms with Gasteiger partial charge in [0.1, 0.15) is 5.69 Å². The van der Waals surface area contributed by atoms with E-state index >= 15 is 0 Å². The fraction of sp³-hybridized carbons (Fsp3) is 0.500. The molecule has 94 valence electrons. The number of carboxylic acids is 1. The van der Waals surface area contributed by atoms with Gasteiger partial charge in [-0.3, -0.25) is 0 Å². The minimum Gasteiger partial charge on any atom is -0.477 e. The molecule has 17 heavy (non-hydrogen) atoms. The molecular formula is C12H18N2O3. The van der Waals surface area contributed by atoms with Crippen LogP contribution in [0.2, 0.25) is 0 Å². The smallest absolute Gasteiger partial charge is 0.354 e. The fourth-order valence-corrected chi connectivity index (χ4v) is 1.39. The van der Waals surface area contributed by atoms with E-state index in [-0.39, 0.29) is 17.8 Å². The van der Waals surface area contributed by atoms with Gasteiger partial charge in [-0.25, -0.2) is 9.78 Å². The Bertz CT molecular complexity index is 391. The number of aliphatic hydroxyl groups excluding tert-OH is 1. The average molecular weight is 238 g/mol. The molecule has 0 radical (unpaired) electrons. The summed E-state index contributed by atoms with van der Waals surface area (Å²) in [5.74, 6) is -1.03. The predicted molar refractivity (Wildman–Crippen MR) is 63.8 cm³/mol. The highest BCUT2D eigenvalue weighted by atomic mass is 16.4. The number of carboxylic acid groups (broad SMARTS) is 1. The highest BCUT2D eigenvalue weighted by Crippen LogP contribution is 2.09. The Morgan fingerprint density at radius 1 is 1.47 bits per heavy atom. The highest BCUT2D eigenvalue weighted by molar-refractivity contribution is 5.85. The molecule has 0 aromatic carbocycles. The van der Waals surface area contributed by atoms with Crippen LogP contribution in [0.25, 0.3) is 0 Å². The van der Waals surface area contributed by atoms with Gasteiger partial charge in [-0.1, -0.05) is 6.07 Å². The molecule has 5 heteroatoms. The summed E-state index contributed by atoms with van der Waals surface area (Å²) in [5, 5.41) is 20.9. The molecule has 0 atom stereocenters. The number of hydrogen-bond donors (Lipinski definition) is 3. The number of hydrogen-bond acceptors (Lipinski definition) is 4. The zero-order valence-electron chi connectivity index (χ0n) is 10.1. The van der Waals surface area contributed by atoms with Crippen molar-refractivity contribution in [1.82, 2.24) is 10.3 Å². The lowest BCUT2D eigenvalue weighted by atomic mass is 10.0. The highest BCUT2D eigenvalue weighted by Gasteiger charge is 2.16. The maximum atomic E-state index is 10.7. The molecule has 0 aliphatic carbocycles. The van der Waals surface area contributed by atoms with E-state index in [2.05, 4.69) is 10.3 Å². The quantitative estimate of drug-likeness (QED) is 0.689. The van der Waals surface area contributed by atoms with E-state index < -0.39 is 5.97 Å². The molecule has 1 heterocycles. The fourth-order valence-electron chi connectivity index (χ4n) is 1.39. The molecule has 0 aliphatic heterocycles. The lowest BCUT2D eigenvalue weighted by Crippen LogP contribution is -2.39. The molecule has 3 N–H and O–H groups in total. The van der Waals surface area contributed by atoms with Gasteiger partial charge in [-0.2, -0.15) is 0 Å². The average Bonchev–Trinajstić information content (AvgIpc) is 2.27. The number of pyridine rings is 1. The van der Waals surface area contributed by atoms with Gasteiger partial charge in [0.05, 0.1) is 5.69 Å². The van der Waals surface area contributed by atoms with Gasteiger partial charge < -0.3 is 15.5 Å². The van der Waals surface area contributed by atoms with Crippen molar-refractivity contribution < 1.29 is 15.0 Å². The van der Waals surface area contributed by atoms with Crippen LogP contribution in [0.15, 0.2) is 18.2 Å². The van der Waals surface area contributed by atoms with Crippen LogP contribution < -0.4 is 5.32 Å².